The van der Waals surface area contributed by atoms with Gasteiger partial charge in [-0.3, -0.25) is 9.59 Å². The molecule has 1 heterocycles. The second-order valence-corrected chi connectivity index (χ2v) is 16.1. The molecule has 5 nitrogen and oxygen atoms in total. The number of hydrogen-bond acceptors (Lipinski definition) is 5. The smallest absolute Gasteiger partial charge is 0.180 e. The molecule has 0 unspecified atom stereocenters. The lowest BCUT2D eigenvalue weighted by molar-refractivity contribution is -0.119. The fourth-order valence-electron chi connectivity index (χ4n) is 8.32. The Hall–Kier alpha value is -3.05. The number of aryl methyl sites for hydroxylation is 2. The molecule has 4 aliphatic rings. The molecule has 0 amide bonds. The van der Waals surface area contributed by atoms with Gasteiger partial charge in [-0.2, -0.15) is 0 Å². The van der Waals surface area contributed by atoms with E-state index in [1.807, 2.05) is 19.1 Å². The van der Waals surface area contributed by atoms with E-state index in [1.54, 1.807) is 0 Å². The number of ketones is 2. The molecule has 0 aromatic heterocycles. The fraction of sp³-hybridized carbons (Fsp3) is 0.550. The van der Waals surface area contributed by atoms with Crippen molar-refractivity contribution < 1.29 is 19.1 Å². The monoisotopic (exact) mass is 643 g/mol. The third-order valence-corrected chi connectivity index (χ3v) is 10.8. The predicted molar refractivity (Wildman–Crippen MR) is 184 cm³/mol. The minimum absolute atomic E-state index is 0.144. The SMILES string of the molecule is CCOc1cc(C2C3=C(CC(C)(C)CC3=O)N(C3CCCCC3)C3=C2C(=O)CC(C)(C)C3)cc(Cl)c1OCc1ccc(C)c(C)c1. The third-order valence-electron chi connectivity index (χ3n) is 10.5. The maximum atomic E-state index is 14.3. The number of allylic oxidation sites excluding steroid dienone is 4. The molecular formula is C40H50ClNO4. The van der Waals surface area contributed by atoms with Crippen molar-refractivity contribution in [2.75, 3.05) is 6.61 Å². The van der Waals surface area contributed by atoms with E-state index >= 15 is 0 Å². The number of rotatable bonds is 7. The maximum Gasteiger partial charge on any atom is 0.180 e. The summed E-state index contributed by atoms with van der Waals surface area (Å²) < 4.78 is 12.5. The molecule has 1 fully saturated rings. The van der Waals surface area contributed by atoms with Gasteiger partial charge in [0.2, 0.25) is 0 Å². The summed E-state index contributed by atoms with van der Waals surface area (Å²) in [7, 11) is 0. The van der Waals surface area contributed by atoms with Gasteiger partial charge in [0.25, 0.3) is 0 Å². The largest absolute Gasteiger partial charge is 0.490 e. The van der Waals surface area contributed by atoms with Crippen LogP contribution in [0.1, 0.15) is 121 Å². The van der Waals surface area contributed by atoms with Crippen LogP contribution in [0.25, 0.3) is 0 Å². The van der Waals surface area contributed by atoms with Crippen molar-refractivity contribution in [3.63, 3.8) is 0 Å². The van der Waals surface area contributed by atoms with Gasteiger partial charge < -0.3 is 14.4 Å². The van der Waals surface area contributed by atoms with E-state index in [0.29, 0.717) is 48.6 Å². The Labute approximate surface area is 280 Å². The molecule has 0 saturated heterocycles. The van der Waals surface area contributed by atoms with Crippen molar-refractivity contribution in [2.45, 2.75) is 125 Å². The Bertz CT molecular complexity index is 1570. The maximum absolute atomic E-state index is 14.3. The number of benzene rings is 2. The van der Waals surface area contributed by atoms with Crippen LogP contribution in [0.15, 0.2) is 52.9 Å². The second-order valence-electron chi connectivity index (χ2n) is 15.7. The molecule has 2 aromatic carbocycles. The van der Waals surface area contributed by atoms with Gasteiger partial charge >= 0.3 is 0 Å². The number of hydrogen-bond donors (Lipinski definition) is 0. The van der Waals surface area contributed by atoms with Gasteiger partial charge in [-0.1, -0.05) is 76.8 Å². The molecule has 3 aliphatic carbocycles. The lowest BCUT2D eigenvalue weighted by Gasteiger charge is -2.52. The number of halogens is 1. The first kappa shape index (κ1) is 32.9. The summed E-state index contributed by atoms with van der Waals surface area (Å²) in [5.41, 5.74) is 7.86. The van der Waals surface area contributed by atoms with Gasteiger partial charge in [-0.15, -0.1) is 0 Å². The molecule has 1 saturated carbocycles. The number of carbonyl (C=O) groups is 2. The van der Waals surface area contributed by atoms with Crippen LogP contribution in [0.2, 0.25) is 5.02 Å². The predicted octanol–water partition coefficient (Wildman–Crippen LogP) is 9.95. The molecule has 0 bridgehead atoms. The van der Waals surface area contributed by atoms with E-state index in [-0.39, 0.29) is 22.4 Å². The number of carbonyl (C=O) groups excluding carboxylic acids is 2. The number of ether oxygens (including phenoxy) is 2. The van der Waals surface area contributed by atoms with Gasteiger partial charge in [-0.05, 0) is 91.7 Å². The van der Waals surface area contributed by atoms with Gasteiger partial charge in [-0.25, -0.2) is 0 Å². The Morgan fingerprint density at radius 2 is 1.41 bits per heavy atom. The number of nitrogens with zero attached hydrogens (tertiary/aromatic N) is 1. The highest BCUT2D eigenvalue weighted by Crippen LogP contribution is 2.56. The molecule has 246 valence electrons. The first-order valence-corrected chi connectivity index (χ1v) is 17.6. The zero-order valence-corrected chi connectivity index (χ0v) is 29.5. The van der Waals surface area contributed by atoms with Gasteiger partial charge in [0.1, 0.15) is 6.61 Å². The van der Waals surface area contributed by atoms with E-state index in [4.69, 9.17) is 21.1 Å². The summed E-state index contributed by atoms with van der Waals surface area (Å²) in [6.07, 6.45) is 8.35. The van der Waals surface area contributed by atoms with Crippen LogP contribution in [0, 0.1) is 24.7 Å². The molecule has 6 heteroatoms. The first-order valence-electron chi connectivity index (χ1n) is 17.3. The minimum Gasteiger partial charge on any atom is -0.490 e. The van der Waals surface area contributed by atoms with Crippen LogP contribution in [-0.4, -0.2) is 29.1 Å². The van der Waals surface area contributed by atoms with Crippen molar-refractivity contribution in [3.8, 4) is 11.5 Å². The molecular weight excluding hydrogens is 594 g/mol. The van der Waals surface area contributed by atoms with E-state index < -0.39 is 5.92 Å². The highest BCUT2D eigenvalue weighted by molar-refractivity contribution is 6.32. The van der Waals surface area contributed by atoms with E-state index in [0.717, 1.165) is 59.4 Å². The van der Waals surface area contributed by atoms with Gasteiger partial charge in [0.05, 0.1) is 11.6 Å². The van der Waals surface area contributed by atoms with Crippen molar-refractivity contribution in [2.24, 2.45) is 10.8 Å². The van der Waals surface area contributed by atoms with Gasteiger partial charge in [0.15, 0.2) is 23.1 Å². The van der Waals surface area contributed by atoms with E-state index in [1.165, 1.54) is 30.4 Å². The van der Waals surface area contributed by atoms with Crippen molar-refractivity contribution >= 4 is 23.2 Å². The lowest BCUT2D eigenvalue weighted by atomic mass is 9.63. The zero-order chi connectivity index (χ0) is 33.0. The normalized spacial score (nSPS) is 21.8. The topological polar surface area (TPSA) is 55.8 Å². The molecule has 0 spiro atoms. The molecule has 6 rings (SSSR count). The highest BCUT2D eigenvalue weighted by atomic mass is 35.5. The Kier molecular flexibility index (Phi) is 8.95. The quantitative estimate of drug-likeness (QED) is 0.301. The van der Waals surface area contributed by atoms with Crippen molar-refractivity contribution in [3.05, 3.63) is 80.1 Å². The second kappa shape index (κ2) is 12.5. The van der Waals surface area contributed by atoms with Crippen molar-refractivity contribution in [1.29, 1.82) is 0 Å². The molecule has 46 heavy (non-hydrogen) atoms. The Morgan fingerprint density at radius 1 is 0.804 bits per heavy atom. The lowest BCUT2D eigenvalue weighted by Crippen LogP contribution is -2.48. The summed E-state index contributed by atoms with van der Waals surface area (Å²) in [6.45, 7) is 15.7. The molecule has 0 N–H and O–H groups in total. The average molecular weight is 644 g/mol. The van der Waals surface area contributed by atoms with Crippen LogP contribution in [0.5, 0.6) is 11.5 Å². The highest BCUT2D eigenvalue weighted by Gasteiger charge is 2.50. The van der Waals surface area contributed by atoms with Crippen LogP contribution in [0.3, 0.4) is 0 Å². The van der Waals surface area contributed by atoms with Crippen LogP contribution < -0.4 is 9.47 Å². The summed E-state index contributed by atoms with van der Waals surface area (Å²) in [4.78, 5) is 31.2. The molecule has 1 aliphatic heterocycles. The van der Waals surface area contributed by atoms with E-state index in [2.05, 4.69) is 64.6 Å². The Balaban J connectivity index is 1.50. The standard InChI is InChI=1S/C40H50ClNO4/c1-8-45-34-18-27(17-29(41)38(34)46-23-26-15-14-24(2)25(3)16-26)35-36-30(19-39(4,5)21-32(36)43)42(28-12-10-9-11-13-28)31-20-40(6,7)22-33(44)37(31)35/h14-18,28,35H,8-13,19-23H2,1-7H3. The summed E-state index contributed by atoms with van der Waals surface area (Å²) in [6, 6.07) is 10.5. The fourth-order valence-corrected chi connectivity index (χ4v) is 8.59. The average Bonchev–Trinajstić information content (AvgIpc) is 2.96. The van der Waals surface area contributed by atoms with Crippen LogP contribution >= 0.6 is 11.6 Å². The zero-order valence-electron chi connectivity index (χ0n) is 28.8. The molecule has 2 aromatic rings. The Morgan fingerprint density at radius 3 is 1.98 bits per heavy atom. The number of Topliss-reactive ketones (excluding diaryl/α,β-unsaturated/α-hetero) is 2. The van der Waals surface area contributed by atoms with Crippen LogP contribution in [0.4, 0.5) is 0 Å². The summed E-state index contributed by atoms with van der Waals surface area (Å²) in [5.74, 6) is 0.846. The minimum atomic E-state index is -0.470. The molecule has 0 radical (unpaired) electrons. The van der Waals surface area contributed by atoms with Crippen LogP contribution in [-0.2, 0) is 16.2 Å². The van der Waals surface area contributed by atoms with Gasteiger partial charge in [0, 0.05) is 47.3 Å². The van der Waals surface area contributed by atoms with Crippen molar-refractivity contribution in [1.82, 2.24) is 4.90 Å². The third kappa shape index (κ3) is 6.29. The summed E-state index contributed by atoms with van der Waals surface area (Å²) >= 11 is 7.06. The summed E-state index contributed by atoms with van der Waals surface area (Å²) in [5, 5.41) is 0.427. The van der Waals surface area contributed by atoms with E-state index in [9.17, 15) is 9.59 Å². The molecule has 0 atom stereocenters. The first-order chi connectivity index (χ1) is 21.8.